The zero-order valence-electron chi connectivity index (χ0n) is 9.18. The van der Waals surface area contributed by atoms with Crippen molar-refractivity contribution in [1.29, 1.82) is 0 Å². The van der Waals surface area contributed by atoms with E-state index in [0.29, 0.717) is 0 Å². The van der Waals surface area contributed by atoms with Gasteiger partial charge in [-0.1, -0.05) is 6.58 Å². The van der Waals surface area contributed by atoms with Gasteiger partial charge in [-0.3, -0.25) is 0 Å². The minimum atomic E-state index is -1.16. The van der Waals surface area contributed by atoms with Crippen molar-refractivity contribution in [3.05, 3.63) is 12.2 Å². The van der Waals surface area contributed by atoms with E-state index in [1.807, 2.05) is 6.92 Å². The van der Waals surface area contributed by atoms with E-state index in [0.717, 1.165) is 6.61 Å². The Morgan fingerprint density at radius 3 is 1.77 bits per heavy atom. The van der Waals surface area contributed by atoms with E-state index in [1.165, 1.54) is 6.92 Å². The van der Waals surface area contributed by atoms with Crippen LogP contribution in [0.3, 0.4) is 0 Å². The molecule has 0 heterocycles. The first kappa shape index (κ1) is 14.9. The Morgan fingerprint density at radius 2 is 1.77 bits per heavy atom. The topological polar surface area (TPSA) is 46.5 Å². The van der Waals surface area contributed by atoms with Crippen molar-refractivity contribution in [3.63, 3.8) is 0 Å². The number of carbonyl (C=O) groups is 1. The lowest BCUT2D eigenvalue weighted by atomic mass is 10.4. The molecule has 0 aromatic heterocycles. The van der Waals surface area contributed by atoms with Crippen LogP contribution in [0.15, 0.2) is 12.2 Å². The summed E-state index contributed by atoms with van der Waals surface area (Å²) < 4.78 is 5.37. The third kappa shape index (κ3) is 18.4. The smallest absolute Gasteiger partial charge is 0.330 e. The maximum absolute atomic E-state index is 9.60. The molecule has 3 nitrogen and oxygen atoms in total. The molecule has 0 aromatic carbocycles. The number of rotatable bonds is 3. The highest BCUT2D eigenvalue weighted by molar-refractivity contribution is 6.69. The number of carboxylic acids is 1. The van der Waals surface area contributed by atoms with E-state index < -0.39 is 14.3 Å². The van der Waals surface area contributed by atoms with Gasteiger partial charge >= 0.3 is 5.97 Å². The first-order valence-electron chi connectivity index (χ1n) is 4.23. The molecule has 4 heteroatoms. The van der Waals surface area contributed by atoms with Crippen LogP contribution < -0.4 is 0 Å². The van der Waals surface area contributed by atoms with E-state index >= 15 is 0 Å². The number of hydrogen-bond acceptors (Lipinski definition) is 2. The fourth-order valence-corrected chi connectivity index (χ4v) is 1.30. The molecule has 0 spiro atoms. The highest BCUT2D eigenvalue weighted by atomic mass is 28.4. The highest BCUT2D eigenvalue weighted by Crippen LogP contribution is 2.00. The lowest BCUT2D eigenvalue weighted by Gasteiger charge is -2.14. The van der Waals surface area contributed by atoms with Crippen LogP contribution in [0.1, 0.15) is 13.8 Å². The van der Waals surface area contributed by atoms with Gasteiger partial charge in [-0.2, -0.15) is 0 Å². The molecule has 0 unspecified atom stereocenters. The van der Waals surface area contributed by atoms with Crippen LogP contribution >= 0.6 is 0 Å². The molecule has 0 aliphatic carbocycles. The first-order valence-corrected chi connectivity index (χ1v) is 7.64. The van der Waals surface area contributed by atoms with Gasteiger partial charge in [-0.15, -0.1) is 0 Å². The predicted octanol–water partition coefficient (Wildman–Crippen LogP) is 2.50. The zero-order chi connectivity index (χ0) is 11.1. The van der Waals surface area contributed by atoms with Crippen molar-refractivity contribution in [1.82, 2.24) is 0 Å². The van der Waals surface area contributed by atoms with Gasteiger partial charge in [0.25, 0.3) is 0 Å². The summed E-state index contributed by atoms with van der Waals surface area (Å²) >= 11 is 0. The van der Waals surface area contributed by atoms with Gasteiger partial charge in [0.05, 0.1) is 0 Å². The monoisotopic (exact) mass is 204 g/mol. The van der Waals surface area contributed by atoms with Crippen LogP contribution in [0.25, 0.3) is 0 Å². The van der Waals surface area contributed by atoms with Crippen LogP contribution in [0.4, 0.5) is 0 Å². The second-order valence-corrected chi connectivity index (χ2v) is 8.14. The molecule has 0 aliphatic rings. The molecule has 0 amide bonds. The summed E-state index contributed by atoms with van der Waals surface area (Å²) in [5.74, 6) is -0.935. The van der Waals surface area contributed by atoms with Crippen molar-refractivity contribution >= 4 is 14.3 Å². The van der Waals surface area contributed by atoms with Crippen molar-refractivity contribution in [3.8, 4) is 0 Å². The van der Waals surface area contributed by atoms with Gasteiger partial charge in [0.2, 0.25) is 0 Å². The molecule has 0 aromatic rings. The number of aliphatic carboxylic acids is 1. The molecule has 0 atom stereocenters. The molecule has 0 fully saturated rings. The molecule has 78 valence electrons. The minimum Gasteiger partial charge on any atom is -0.478 e. The zero-order valence-corrected chi connectivity index (χ0v) is 10.2. The van der Waals surface area contributed by atoms with E-state index in [9.17, 15) is 4.79 Å². The fraction of sp³-hybridized carbons (Fsp3) is 0.667. The van der Waals surface area contributed by atoms with Crippen molar-refractivity contribution in [2.45, 2.75) is 33.5 Å². The van der Waals surface area contributed by atoms with Gasteiger partial charge in [-0.05, 0) is 33.5 Å². The van der Waals surface area contributed by atoms with Crippen molar-refractivity contribution in [2.75, 3.05) is 6.61 Å². The largest absolute Gasteiger partial charge is 0.478 e. The second kappa shape index (κ2) is 6.86. The van der Waals surface area contributed by atoms with E-state index in [2.05, 4.69) is 26.2 Å². The van der Waals surface area contributed by atoms with Gasteiger partial charge < -0.3 is 9.53 Å². The van der Waals surface area contributed by atoms with Crippen LogP contribution in [0.2, 0.25) is 19.6 Å². The molecule has 1 N–H and O–H groups in total. The quantitative estimate of drug-likeness (QED) is 0.567. The third-order valence-electron chi connectivity index (χ3n) is 0.942. The Labute approximate surface area is 81.5 Å². The average molecular weight is 204 g/mol. The van der Waals surface area contributed by atoms with E-state index in [4.69, 9.17) is 9.53 Å². The summed E-state index contributed by atoms with van der Waals surface area (Å²) in [6.45, 7) is 14.1. The van der Waals surface area contributed by atoms with Crippen LogP contribution in [0, 0.1) is 0 Å². The molecule has 13 heavy (non-hydrogen) atoms. The number of hydrogen-bond donors (Lipinski definition) is 1. The molecule has 0 saturated heterocycles. The van der Waals surface area contributed by atoms with Gasteiger partial charge in [0, 0.05) is 12.2 Å². The second-order valence-electron chi connectivity index (χ2n) is 3.63. The molecule has 0 saturated carbocycles. The Balaban J connectivity index is 0. The Bertz CT molecular complexity index is 158. The molecular formula is C9H20O3Si. The molecule has 0 aliphatic heterocycles. The van der Waals surface area contributed by atoms with Crippen molar-refractivity contribution < 1.29 is 14.3 Å². The normalized spacial score (nSPS) is 9.92. The van der Waals surface area contributed by atoms with Gasteiger partial charge in [0.1, 0.15) is 0 Å². The first-order chi connectivity index (χ1) is 5.70. The summed E-state index contributed by atoms with van der Waals surface area (Å²) in [5, 5.41) is 7.89. The van der Waals surface area contributed by atoms with Crippen LogP contribution in [0.5, 0.6) is 0 Å². The average Bonchev–Trinajstić information content (AvgIpc) is 1.85. The maximum Gasteiger partial charge on any atom is 0.330 e. The maximum atomic E-state index is 9.60. The fourth-order valence-electron chi connectivity index (χ4n) is 0.433. The SMILES string of the molecule is C=C(C)C(=O)O.CCO[Si](C)(C)C. The Hall–Kier alpha value is -0.613. The summed E-state index contributed by atoms with van der Waals surface area (Å²) in [6, 6.07) is 0. The summed E-state index contributed by atoms with van der Waals surface area (Å²) in [6.07, 6.45) is 0. The van der Waals surface area contributed by atoms with Gasteiger partial charge in [-0.25, -0.2) is 4.79 Å². The minimum absolute atomic E-state index is 0.176. The Morgan fingerprint density at radius 1 is 1.46 bits per heavy atom. The third-order valence-corrected chi connectivity index (χ3v) is 2.10. The Kier molecular flexibility index (Phi) is 7.85. The van der Waals surface area contributed by atoms with E-state index in [-0.39, 0.29) is 5.57 Å². The molecule has 0 radical (unpaired) electrons. The standard InChI is InChI=1S/C5H14OSi.C4H6O2/c1-5-6-7(2,3)4;1-3(2)4(5)6/h5H2,1-4H3;1H2,2H3,(H,5,6). The molecule has 0 bridgehead atoms. The van der Waals surface area contributed by atoms with Crippen molar-refractivity contribution in [2.24, 2.45) is 0 Å². The lowest BCUT2D eigenvalue weighted by Crippen LogP contribution is -2.24. The van der Waals surface area contributed by atoms with Gasteiger partial charge in [0.15, 0.2) is 8.32 Å². The summed E-state index contributed by atoms with van der Waals surface area (Å²) in [5.41, 5.74) is 0.176. The predicted molar refractivity (Wildman–Crippen MR) is 57.4 cm³/mol. The lowest BCUT2D eigenvalue weighted by molar-refractivity contribution is -0.132. The highest BCUT2D eigenvalue weighted by Gasteiger charge is 2.11. The van der Waals surface area contributed by atoms with E-state index in [1.54, 1.807) is 0 Å². The summed E-state index contributed by atoms with van der Waals surface area (Å²) in [4.78, 5) is 9.60. The van der Waals surface area contributed by atoms with Crippen LogP contribution in [-0.4, -0.2) is 26.0 Å². The molecular weight excluding hydrogens is 184 g/mol. The number of carboxylic acid groups (broad SMARTS) is 1. The van der Waals surface area contributed by atoms with Crippen LogP contribution in [-0.2, 0) is 9.22 Å². The molecule has 0 rings (SSSR count). The summed E-state index contributed by atoms with van der Waals surface area (Å²) in [7, 11) is -1.16.